The normalized spacial score (nSPS) is 39.1. The molecular formula is C21H31NO2. The van der Waals surface area contributed by atoms with Gasteiger partial charge >= 0.3 is 0 Å². The molecule has 1 saturated carbocycles. The summed E-state index contributed by atoms with van der Waals surface area (Å²) in [6.07, 6.45) is 10.5. The van der Waals surface area contributed by atoms with Crippen LogP contribution >= 0.6 is 0 Å². The fourth-order valence-electron chi connectivity index (χ4n) is 5.26. The van der Waals surface area contributed by atoms with Gasteiger partial charge in [0.05, 0.1) is 18.3 Å². The van der Waals surface area contributed by atoms with Gasteiger partial charge < -0.3 is 15.6 Å². The van der Waals surface area contributed by atoms with Crippen LogP contribution in [-0.4, -0.2) is 29.0 Å². The molecule has 1 spiro atoms. The topological polar surface area (TPSA) is 55.5 Å². The largest absolute Gasteiger partial charge is 0.394 e. The van der Waals surface area contributed by atoms with E-state index in [1.165, 1.54) is 36.0 Å². The number of aryl methyl sites for hydroxylation is 1. The number of rotatable bonds is 2. The summed E-state index contributed by atoms with van der Waals surface area (Å²) in [5.41, 5.74) is 10.4. The number of fused-ring (bicyclic) bond motifs is 1. The second kappa shape index (κ2) is 6.12. The summed E-state index contributed by atoms with van der Waals surface area (Å²) in [6.45, 7) is 2.33. The van der Waals surface area contributed by atoms with Gasteiger partial charge in [-0.2, -0.15) is 0 Å². The Balaban J connectivity index is 1.52. The maximum Gasteiger partial charge on any atom is 0.0729 e. The molecule has 1 aromatic rings. The molecule has 3 aliphatic rings. The molecular weight excluding hydrogens is 298 g/mol. The number of aliphatic hydroxyl groups is 1. The van der Waals surface area contributed by atoms with Gasteiger partial charge in [-0.15, -0.1) is 0 Å². The lowest BCUT2D eigenvalue weighted by Crippen LogP contribution is -2.44. The number of hydrogen-bond donors (Lipinski definition) is 2. The molecule has 1 aliphatic heterocycles. The first-order valence-electron chi connectivity index (χ1n) is 9.70. The van der Waals surface area contributed by atoms with Crippen molar-refractivity contribution in [2.75, 3.05) is 6.61 Å². The van der Waals surface area contributed by atoms with Crippen molar-refractivity contribution < 1.29 is 9.84 Å². The highest BCUT2D eigenvalue weighted by atomic mass is 16.5. The highest BCUT2D eigenvalue weighted by Gasteiger charge is 2.40. The molecule has 4 atom stereocenters. The molecule has 0 aromatic heterocycles. The van der Waals surface area contributed by atoms with Crippen LogP contribution in [0, 0.1) is 0 Å². The third-order valence-corrected chi connectivity index (χ3v) is 6.72. The number of ether oxygens (including phenoxy) is 1. The minimum atomic E-state index is -0.364. The van der Waals surface area contributed by atoms with Gasteiger partial charge in [0.2, 0.25) is 0 Å². The first kappa shape index (κ1) is 16.6. The van der Waals surface area contributed by atoms with Gasteiger partial charge in [-0.3, -0.25) is 0 Å². The Morgan fingerprint density at radius 2 is 2.08 bits per heavy atom. The minimum absolute atomic E-state index is 0.100. The van der Waals surface area contributed by atoms with E-state index in [0.29, 0.717) is 12.0 Å². The first-order chi connectivity index (χ1) is 11.5. The molecule has 24 heavy (non-hydrogen) atoms. The predicted octanol–water partition coefficient (Wildman–Crippen LogP) is 3.46. The molecule has 0 amide bonds. The van der Waals surface area contributed by atoms with Gasteiger partial charge in [0.1, 0.15) is 0 Å². The summed E-state index contributed by atoms with van der Waals surface area (Å²) in [6, 6.07) is 7.06. The van der Waals surface area contributed by atoms with E-state index < -0.39 is 0 Å². The van der Waals surface area contributed by atoms with Crippen LogP contribution in [0.3, 0.4) is 0 Å². The number of benzene rings is 1. The molecule has 1 heterocycles. The summed E-state index contributed by atoms with van der Waals surface area (Å²) in [4.78, 5) is 0. The van der Waals surface area contributed by atoms with Crippen molar-refractivity contribution in [2.45, 2.75) is 87.9 Å². The Hall–Kier alpha value is -0.900. The predicted molar refractivity (Wildman–Crippen MR) is 96.2 cm³/mol. The third kappa shape index (κ3) is 3.02. The van der Waals surface area contributed by atoms with Gasteiger partial charge in [0.25, 0.3) is 0 Å². The van der Waals surface area contributed by atoms with Crippen molar-refractivity contribution in [3.63, 3.8) is 0 Å². The van der Waals surface area contributed by atoms with Crippen LogP contribution < -0.4 is 5.73 Å². The Morgan fingerprint density at radius 1 is 1.21 bits per heavy atom. The van der Waals surface area contributed by atoms with Gasteiger partial charge in [-0.1, -0.05) is 18.2 Å². The number of nitrogens with two attached hydrogens (primary N) is 1. The van der Waals surface area contributed by atoms with Crippen molar-refractivity contribution in [3.8, 4) is 0 Å². The summed E-state index contributed by atoms with van der Waals surface area (Å²) >= 11 is 0. The summed E-state index contributed by atoms with van der Waals surface area (Å²) in [5.74, 6) is 0.509. The zero-order valence-corrected chi connectivity index (χ0v) is 14.9. The van der Waals surface area contributed by atoms with E-state index in [1.807, 2.05) is 0 Å². The smallest absolute Gasteiger partial charge is 0.0729 e. The fraction of sp³-hybridized carbons (Fsp3) is 0.714. The van der Waals surface area contributed by atoms with E-state index in [9.17, 15) is 5.11 Å². The minimum Gasteiger partial charge on any atom is -0.394 e. The van der Waals surface area contributed by atoms with Crippen molar-refractivity contribution >= 4 is 0 Å². The summed E-state index contributed by atoms with van der Waals surface area (Å²) in [5, 5.41) is 9.51. The Morgan fingerprint density at radius 3 is 2.83 bits per heavy atom. The zero-order valence-electron chi connectivity index (χ0n) is 14.9. The van der Waals surface area contributed by atoms with Gasteiger partial charge in [-0.25, -0.2) is 0 Å². The molecule has 2 fully saturated rings. The fourth-order valence-corrected chi connectivity index (χ4v) is 5.26. The van der Waals surface area contributed by atoms with Crippen LogP contribution in [0.5, 0.6) is 0 Å². The van der Waals surface area contributed by atoms with Crippen molar-refractivity contribution in [1.29, 1.82) is 0 Å². The third-order valence-electron chi connectivity index (χ3n) is 6.72. The molecule has 3 N–H and O–H groups in total. The second-order valence-electron chi connectivity index (χ2n) is 8.67. The molecule has 2 unspecified atom stereocenters. The molecule has 4 rings (SSSR count). The van der Waals surface area contributed by atoms with E-state index >= 15 is 0 Å². The molecule has 0 radical (unpaired) electrons. The van der Waals surface area contributed by atoms with E-state index in [2.05, 4.69) is 25.1 Å². The van der Waals surface area contributed by atoms with Gasteiger partial charge in [-0.05, 0) is 80.9 Å². The number of hydrogen-bond acceptors (Lipinski definition) is 3. The molecule has 1 aromatic carbocycles. The Bertz CT molecular complexity index is 616. The molecule has 0 bridgehead atoms. The second-order valence-corrected chi connectivity index (χ2v) is 8.67. The van der Waals surface area contributed by atoms with E-state index in [1.54, 1.807) is 0 Å². The maximum atomic E-state index is 9.51. The van der Waals surface area contributed by atoms with Gasteiger partial charge in [0.15, 0.2) is 0 Å². The number of aliphatic hydroxyl groups excluding tert-OH is 1. The van der Waals surface area contributed by atoms with E-state index in [4.69, 9.17) is 10.5 Å². The SMILES string of the molecule is CC1CCCC2(CCc3cc([C@H]4CC[C@](N)(CO)C4)ccc3C2)O1. The van der Waals surface area contributed by atoms with Crippen LogP contribution in [-0.2, 0) is 17.6 Å². The van der Waals surface area contributed by atoms with E-state index in [-0.39, 0.29) is 17.7 Å². The molecule has 2 aliphatic carbocycles. The standard InChI is InChI=1S/C21H31NO2/c1-15-3-2-8-21(24-15)10-7-17-11-16(4-5-18(17)13-21)19-6-9-20(22,12-19)14-23/h4-5,11,15,19,23H,2-3,6-10,12-14,22H2,1H3/t15?,19-,20+,21?/m0/s1. The van der Waals surface area contributed by atoms with Crippen LogP contribution in [0.2, 0.25) is 0 Å². The Labute approximate surface area is 145 Å². The van der Waals surface area contributed by atoms with Crippen molar-refractivity contribution in [1.82, 2.24) is 0 Å². The van der Waals surface area contributed by atoms with Crippen LogP contribution in [0.4, 0.5) is 0 Å². The van der Waals surface area contributed by atoms with Crippen LogP contribution in [0.15, 0.2) is 18.2 Å². The van der Waals surface area contributed by atoms with Crippen LogP contribution in [0.1, 0.15) is 74.5 Å². The van der Waals surface area contributed by atoms with Crippen molar-refractivity contribution in [3.05, 3.63) is 34.9 Å². The molecule has 1 saturated heterocycles. The van der Waals surface area contributed by atoms with Gasteiger partial charge in [0, 0.05) is 12.0 Å². The average molecular weight is 329 g/mol. The molecule has 3 nitrogen and oxygen atoms in total. The highest BCUT2D eigenvalue weighted by molar-refractivity contribution is 5.38. The average Bonchev–Trinajstić information content (AvgIpc) is 2.97. The lowest BCUT2D eigenvalue weighted by Gasteiger charge is -2.43. The maximum absolute atomic E-state index is 9.51. The Kier molecular flexibility index (Phi) is 4.22. The van der Waals surface area contributed by atoms with E-state index in [0.717, 1.165) is 38.5 Å². The van der Waals surface area contributed by atoms with Crippen molar-refractivity contribution in [2.24, 2.45) is 5.73 Å². The lowest BCUT2D eigenvalue weighted by atomic mass is 9.75. The molecule has 132 valence electrons. The highest BCUT2D eigenvalue weighted by Crippen LogP contribution is 2.43. The monoisotopic (exact) mass is 329 g/mol. The quantitative estimate of drug-likeness (QED) is 0.873. The molecule has 3 heteroatoms. The lowest BCUT2D eigenvalue weighted by molar-refractivity contribution is -0.127. The first-order valence-corrected chi connectivity index (χ1v) is 9.70. The zero-order chi connectivity index (χ0) is 16.8. The summed E-state index contributed by atoms with van der Waals surface area (Å²) in [7, 11) is 0. The van der Waals surface area contributed by atoms with Crippen LogP contribution in [0.25, 0.3) is 0 Å². The summed E-state index contributed by atoms with van der Waals surface area (Å²) < 4.78 is 6.40.